The van der Waals surface area contributed by atoms with Crippen LogP contribution in [0.5, 0.6) is 5.75 Å². The fourth-order valence-corrected chi connectivity index (χ4v) is 2.65. The number of fused-ring (bicyclic) bond motifs is 1. The van der Waals surface area contributed by atoms with E-state index < -0.39 is 5.63 Å². The van der Waals surface area contributed by atoms with Crippen LogP contribution in [-0.4, -0.2) is 23.1 Å². The van der Waals surface area contributed by atoms with Crippen molar-refractivity contribution in [2.24, 2.45) is 0 Å². The Hall–Kier alpha value is -1.81. The first-order valence-corrected chi connectivity index (χ1v) is 6.72. The van der Waals surface area contributed by atoms with Gasteiger partial charge in [0.15, 0.2) is 0 Å². The predicted octanol–water partition coefficient (Wildman–Crippen LogP) is 2.48. The van der Waals surface area contributed by atoms with Crippen molar-refractivity contribution < 1.29 is 9.52 Å². The highest BCUT2D eigenvalue weighted by Crippen LogP contribution is 2.27. The predicted molar refractivity (Wildman–Crippen MR) is 73.3 cm³/mol. The molecule has 0 atom stereocenters. The maximum absolute atomic E-state index is 12.0. The summed E-state index contributed by atoms with van der Waals surface area (Å²) in [6, 6.07) is 7.08. The molecule has 19 heavy (non-hydrogen) atoms. The molecule has 1 saturated heterocycles. The van der Waals surface area contributed by atoms with Crippen LogP contribution in [0.25, 0.3) is 11.0 Å². The molecule has 4 nitrogen and oxygen atoms in total. The molecule has 0 radical (unpaired) electrons. The van der Waals surface area contributed by atoms with Crippen molar-refractivity contribution in [3.63, 3.8) is 0 Å². The fraction of sp³-hybridized carbons (Fsp3) is 0.400. The van der Waals surface area contributed by atoms with Gasteiger partial charge in [0.05, 0.1) is 10.9 Å². The third-order valence-corrected chi connectivity index (χ3v) is 3.71. The van der Waals surface area contributed by atoms with Crippen molar-refractivity contribution in [3.05, 3.63) is 40.2 Å². The molecule has 0 bridgehead atoms. The van der Waals surface area contributed by atoms with Gasteiger partial charge in [-0.2, -0.15) is 0 Å². The van der Waals surface area contributed by atoms with Gasteiger partial charge in [-0.15, -0.1) is 0 Å². The highest BCUT2D eigenvalue weighted by atomic mass is 16.4. The van der Waals surface area contributed by atoms with Gasteiger partial charge in [-0.3, -0.25) is 4.90 Å². The molecule has 3 rings (SSSR count). The monoisotopic (exact) mass is 259 g/mol. The molecule has 1 fully saturated rings. The Bertz CT molecular complexity index is 641. The van der Waals surface area contributed by atoms with Gasteiger partial charge >= 0.3 is 5.63 Å². The van der Waals surface area contributed by atoms with Gasteiger partial charge < -0.3 is 9.52 Å². The minimum atomic E-state index is -0.429. The van der Waals surface area contributed by atoms with Gasteiger partial charge in [-0.25, -0.2) is 4.79 Å². The van der Waals surface area contributed by atoms with Crippen LogP contribution >= 0.6 is 0 Å². The van der Waals surface area contributed by atoms with Gasteiger partial charge in [0.1, 0.15) is 11.3 Å². The molecule has 2 aromatic rings. The first kappa shape index (κ1) is 12.2. The van der Waals surface area contributed by atoms with Crippen molar-refractivity contribution in [1.29, 1.82) is 0 Å². The Balaban J connectivity index is 2.00. The summed E-state index contributed by atoms with van der Waals surface area (Å²) in [6.07, 6.45) is 3.55. The number of benzene rings is 1. The Morgan fingerprint density at radius 2 is 1.89 bits per heavy atom. The van der Waals surface area contributed by atoms with Crippen molar-refractivity contribution in [1.82, 2.24) is 4.90 Å². The third kappa shape index (κ3) is 2.36. The van der Waals surface area contributed by atoms with Gasteiger partial charge in [-0.1, -0.05) is 18.6 Å². The summed E-state index contributed by atoms with van der Waals surface area (Å²) in [5.74, 6) is 0.0671. The lowest BCUT2D eigenvalue weighted by atomic mass is 10.1. The standard InChI is InChI=1S/C15H17NO3/c17-14-11-6-2-3-7-13(11)19-15(18)12(14)10-16-8-4-1-5-9-16/h2-3,6-7,17H,1,4-5,8-10H2. The van der Waals surface area contributed by atoms with Gasteiger partial charge in [0.25, 0.3) is 0 Å². The second-order valence-corrected chi connectivity index (χ2v) is 5.05. The van der Waals surface area contributed by atoms with Crippen LogP contribution in [0.3, 0.4) is 0 Å². The van der Waals surface area contributed by atoms with E-state index in [1.165, 1.54) is 6.42 Å². The summed E-state index contributed by atoms with van der Waals surface area (Å²) in [4.78, 5) is 14.2. The highest BCUT2D eigenvalue weighted by Gasteiger charge is 2.18. The third-order valence-electron chi connectivity index (χ3n) is 3.71. The van der Waals surface area contributed by atoms with Crippen molar-refractivity contribution in [2.45, 2.75) is 25.8 Å². The number of nitrogens with zero attached hydrogens (tertiary/aromatic N) is 1. The number of hydrogen-bond donors (Lipinski definition) is 1. The van der Waals surface area contributed by atoms with Crippen LogP contribution in [0.2, 0.25) is 0 Å². The average Bonchev–Trinajstić information content (AvgIpc) is 2.45. The second kappa shape index (κ2) is 5.05. The zero-order chi connectivity index (χ0) is 13.2. The van der Waals surface area contributed by atoms with E-state index >= 15 is 0 Å². The van der Waals surface area contributed by atoms with E-state index in [0.29, 0.717) is 23.1 Å². The first-order chi connectivity index (χ1) is 9.25. The van der Waals surface area contributed by atoms with Crippen molar-refractivity contribution in [3.8, 4) is 5.75 Å². The number of piperidine rings is 1. The average molecular weight is 259 g/mol. The SMILES string of the molecule is O=c1oc2ccccc2c(O)c1CN1CCCCC1. The van der Waals surface area contributed by atoms with E-state index in [9.17, 15) is 9.90 Å². The minimum absolute atomic E-state index is 0.0671. The summed E-state index contributed by atoms with van der Waals surface area (Å²) < 4.78 is 5.27. The lowest BCUT2D eigenvalue weighted by Gasteiger charge is -2.26. The summed E-state index contributed by atoms with van der Waals surface area (Å²) in [5, 5.41) is 10.9. The molecule has 0 unspecified atom stereocenters. The molecule has 2 heterocycles. The lowest BCUT2D eigenvalue weighted by molar-refractivity contribution is 0.216. The van der Waals surface area contributed by atoms with E-state index in [1.807, 2.05) is 6.07 Å². The second-order valence-electron chi connectivity index (χ2n) is 5.05. The van der Waals surface area contributed by atoms with Gasteiger partial charge in [0.2, 0.25) is 0 Å². The molecule has 100 valence electrons. The minimum Gasteiger partial charge on any atom is -0.507 e. The Labute approximate surface area is 111 Å². The van der Waals surface area contributed by atoms with Crippen LogP contribution < -0.4 is 5.63 Å². The number of likely N-dealkylation sites (tertiary alicyclic amines) is 1. The Morgan fingerprint density at radius 3 is 2.68 bits per heavy atom. The molecule has 1 aromatic heterocycles. The largest absolute Gasteiger partial charge is 0.507 e. The number of para-hydroxylation sites is 1. The van der Waals surface area contributed by atoms with E-state index in [4.69, 9.17) is 4.42 Å². The summed E-state index contributed by atoms with van der Waals surface area (Å²) >= 11 is 0. The smallest absolute Gasteiger partial charge is 0.344 e. The normalized spacial score (nSPS) is 16.8. The Morgan fingerprint density at radius 1 is 1.16 bits per heavy atom. The molecule has 1 aliphatic rings. The molecule has 0 aliphatic carbocycles. The van der Waals surface area contributed by atoms with E-state index in [-0.39, 0.29) is 5.75 Å². The maximum Gasteiger partial charge on any atom is 0.344 e. The fourth-order valence-electron chi connectivity index (χ4n) is 2.65. The molecular weight excluding hydrogens is 242 g/mol. The summed E-state index contributed by atoms with van der Waals surface area (Å²) in [7, 11) is 0. The molecule has 0 amide bonds. The van der Waals surface area contributed by atoms with Crippen LogP contribution in [0.4, 0.5) is 0 Å². The number of rotatable bonds is 2. The maximum atomic E-state index is 12.0. The first-order valence-electron chi connectivity index (χ1n) is 6.72. The lowest BCUT2D eigenvalue weighted by Crippen LogP contribution is -2.31. The van der Waals surface area contributed by atoms with Crippen molar-refractivity contribution in [2.75, 3.05) is 13.1 Å². The van der Waals surface area contributed by atoms with Gasteiger partial charge in [0, 0.05) is 6.54 Å². The zero-order valence-electron chi connectivity index (χ0n) is 10.8. The molecule has 1 aliphatic heterocycles. The van der Waals surface area contributed by atoms with E-state index in [0.717, 1.165) is 25.9 Å². The topological polar surface area (TPSA) is 53.7 Å². The van der Waals surface area contributed by atoms with Crippen LogP contribution in [0.15, 0.2) is 33.5 Å². The molecule has 0 spiro atoms. The zero-order valence-corrected chi connectivity index (χ0v) is 10.8. The quantitative estimate of drug-likeness (QED) is 0.842. The highest BCUT2D eigenvalue weighted by molar-refractivity contribution is 5.83. The summed E-state index contributed by atoms with van der Waals surface area (Å²) in [6.45, 7) is 2.43. The molecule has 1 aromatic carbocycles. The Kier molecular flexibility index (Phi) is 3.25. The van der Waals surface area contributed by atoms with Crippen LogP contribution in [0, 0.1) is 0 Å². The van der Waals surface area contributed by atoms with E-state index in [1.54, 1.807) is 18.2 Å². The van der Waals surface area contributed by atoms with Crippen LogP contribution in [0.1, 0.15) is 24.8 Å². The number of aromatic hydroxyl groups is 1. The van der Waals surface area contributed by atoms with Gasteiger partial charge in [-0.05, 0) is 38.1 Å². The number of hydrogen-bond acceptors (Lipinski definition) is 4. The molecule has 4 heteroatoms. The summed E-state index contributed by atoms with van der Waals surface area (Å²) in [5.41, 5.74) is 0.384. The van der Waals surface area contributed by atoms with Crippen LogP contribution in [-0.2, 0) is 6.54 Å². The van der Waals surface area contributed by atoms with Crippen molar-refractivity contribution >= 4 is 11.0 Å². The molecular formula is C15H17NO3. The molecule has 0 saturated carbocycles. The van der Waals surface area contributed by atoms with E-state index in [2.05, 4.69) is 4.90 Å². The molecule has 1 N–H and O–H groups in total.